The number of para-hydroxylation sites is 1. The van der Waals surface area contributed by atoms with Crippen LogP contribution in [0.2, 0.25) is 0 Å². The number of hydroxylamine groups is 3. The number of aryl methyl sites for hydroxylation is 1. The average molecular weight is 625 g/mol. The lowest BCUT2D eigenvalue weighted by molar-refractivity contribution is -0.243. The van der Waals surface area contributed by atoms with Gasteiger partial charge in [-0.3, -0.25) is 19.8 Å². The number of aromatic nitrogens is 1. The first kappa shape index (κ1) is 31.7. The Labute approximate surface area is 244 Å². The molecule has 2 amide bonds. The molecule has 2 heterocycles. The highest BCUT2D eigenvalue weighted by atomic mass is 32.2. The lowest BCUT2D eigenvalue weighted by Crippen LogP contribution is -2.57. The van der Waals surface area contributed by atoms with Gasteiger partial charge in [0, 0.05) is 35.3 Å². The summed E-state index contributed by atoms with van der Waals surface area (Å²) in [5.41, 5.74) is 1.37. The third-order valence-corrected chi connectivity index (χ3v) is 8.08. The molecule has 1 aromatic heterocycles. The van der Waals surface area contributed by atoms with E-state index >= 15 is 0 Å². The van der Waals surface area contributed by atoms with E-state index < -0.39 is 52.5 Å². The molecule has 0 bridgehead atoms. The lowest BCUT2D eigenvalue weighted by atomic mass is 9.92. The van der Waals surface area contributed by atoms with Crippen molar-refractivity contribution in [3.63, 3.8) is 0 Å². The van der Waals surface area contributed by atoms with Gasteiger partial charge in [-0.1, -0.05) is 18.2 Å². The number of halogens is 3. The molecule has 0 saturated carbocycles. The summed E-state index contributed by atoms with van der Waals surface area (Å²) in [7, 11) is -3.93. The zero-order valence-electron chi connectivity index (χ0n) is 22.9. The molecule has 43 heavy (non-hydrogen) atoms. The van der Waals surface area contributed by atoms with Crippen LogP contribution in [-0.2, 0) is 31.1 Å². The number of alkyl halides is 3. The standard InChI is InChI=1S/C27H27F3N4O8S/c1-17-13-19(21-5-3-4-6-22(21)31-17)15-41-20-9-7-18(8-10-20)24(36)34(42-25(37)27(28,29)30)26(14-23(35)32-38)11-12-33(16-26)43(2,39)40/h3-10,13,38H,11-12,14-16H2,1-2H3,(H,32,35). The minimum atomic E-state index is -5.53. The molecular weight excluding hydrogens is 597 g/mol. The number of nitrogens with zero attached hydrogens (tertiary/aromatic N) is 3. The van der Waals surface area contributed by atoms with Crippen molar-refractivity contribution in [3.8, 4) is 5.75 Å². The number of ether oxygens (including phenoxy) is 1. The van der Waals surface area contributed by atoms with E-state index in [1.165, 1.54) is 29.7 Å². The normalized spacial score (nSPS) is 17.4. The minimum Gasteiger partial charge on any atom is -0.489 e. The van der Waals surface area contributed by atoms with E-state index in [9.17, 15) is 36.0 Å². The second-order valence-electron chi connectivity index (χ2n) is 10.0. The first-order chi connectivity index (χ1) is 20.1. The quantitative estimate of drug-likeness (QED) is 0.284. The van der Waals surface area contributed by atoms with E-state index in [2.05, 4.69) is 9.82 Å². The van der Waals surface area contributed by atoms with Gasteiger partial charge >= 0.3 is 12.1 Å². The number of benzene rings is 2. The van der Waals surface area contributed by atoms with Gasteiger partial charge in [0.2, 0.25) is 15.9 Å². The highest BCUT2D eigenvalue weighted by molar-refractivity contribution is 7.88. The SMILES string of the molecule is Cc1cc(COc2ccc(C(=O)N(OC(=O)C(F)(F)F)C3(CC(=O)NO)CCN(S(C)(=O)=O)C3)cc2)c2ccccc2n1. The molecule has 0 spiro atoms. The molecule has 1 saturated heterocycles. The van der Waals surface area contributed by atoms with Gasteiger partial charge in [0.15, 0.2) is 0 Å². The van der Waals surface area contributed by atoms with Gasteiger partial charge in [0.05, 0.1) is 18.2 Å². The molecule has 2 N–H and O–H groups in total. The number of rotatable bonds is 8. The number of hydrogen-bond acceptors (Lipinski definition) is 9. The van der Waals surface area contributed by atoms with Crippen LogP contribution in [0.25, 0.3) is 10.9 Å². The fourth-order valence-electron chi connectivity index (χ4n) is 4.80. The largest absolute Gasteiger partial charge is 0.493 e. The fourth-order valence-corrected chi connectivity index (χ4v) is 5.69. The number of pyridine rings is 1. The van der Waals surface area contributed by atoms with Gasteiger partial charge in [0.25, 0.3) is 5.91 Å². The van der Waals surface area contributed by atoms with Crippen LogP contribution in [-0.4, -0.2) is 76.8 Å². The number of fused-ring (bicyclic) bond motifs is 1. The maximum Gasteiger partial charge on any atom is 0.493 e. The van der Waals surface area contributed by atoms with Crippen molar-refractivity contribution >= 4 is 38.7 Å². The Morgan fingerprint density at radius 1 is 1.14 bits per heavy atom. The Balaban J connectivity index is 1.63. The van der Waals surface area contributed by atoms with Crippen molar-refractivity contribution in [3.05, 3.63) is 71.4 Å². The smallest absolute Gasteiger partial charge is 0.489 e. The molecule has 2 aromatic carbocycles. The van der Waals surface area contributed by atoms with Crippen LogP contribution in [0.3, 0.4) is 0 Å². The van der Waals surface area contributed by atoms with E-state index in [1.807, 2.05) is 37.3 Å². The second-order valence-corrected chi connectivity index (χ2v) is 12.0. The van der Waals surface area contributed by atoms with Crippen LogP contribution in [0.15, 0.2) is 54.6 Å². The second kappa shape index (κ2) is 12.1. The molecule has 16 heteroatoms. The number of hydrogen-bond donors (Lipinski definition) is 2. The maximum absolute atomic E-state index is 13.6. The Bertz CT molecular complexity index is 1650. The summed E-state index contributed by atoms with van der Waals surface area (Å²) < 4.78 is 70.7. The van der Waals surface area contributed by atoms with E-state index in [1.54, 1.807) is 0 Å². The Kier molecular flexibility index (Phi) is 8.94. The molecule has 230 valence electrons. The van der Waals surface area contributed by atoms with Crippen molar-refractivity contribution in [1.82, 2.24) is 19.8 Å². The third-order valence-electron chi connectivity index (χ3n) is 6.83. The van der Waals surface area contributed by atoms with Crippen LogP contribution < -0.4 is 10.2 Å². The van der Waals surface area contributed by atoms with Crippen LogP contribution in [0.1, 0.15) is 34.5 Å². The number of amides is 2. The fraction of sp³-hybridized carbons (Fsp3) is 0.333. The summed E-state index contributed by atoms with van der Waals surface area (Å²) in [5.74, 6) is -4.88. The summed E-state index contributed by atoms with van der Waals surface area (Å²) in [6, 6.07) is 14.5. The molecule has 1 aliphatic rings. The Morgan fingerprint density at radius 2 is 1.81 bits per heavy atom. The molecule has 1 fully saturated rings. The zero-order valence-corrected chi connectivity index (χ0v) is 23.7. The van der Waals surface area contributed by atoms with Gasteiger partial charge in [-0.2, -0.15) is 22.5 Å². The van der Waals surface area contributed by atoms with Gasteiger partial charge in [-0.05, 0) is 49.7 Å². The van der Waals surface area contributed by atoms with Crippen LogP contribution in [0.4, 0.5) is 13.2 Å². The van der Waals surface area contributed by atoms with Crippen LogP contribution in [0.5, 0.6) is 5.75 Å². The zero-order chi connectivity index (χ0) is 31.6. The predicted molar refractivity (Wildman–Crippen MR) is 144 cm³/mol. The van der Waals surface area contributed by atoms with Gasteiger partial charge in [-0.15, -0.1) is 0 Å². The Morgan fingerprint density at radius 3 is 2.42 bits per heavy atom. The molecule has 3 aromatic rings. The molecule has 1 aliphatic heterocycles. The van der Waals surface area contributed by atoms with E-state index in [-0.39, 0.29) is 30.2 Å². The summed E-state index contributed by atoms with van der Waals surface area (Å²) in [6.45, 7) is 0.981. The first-order valence-electron chi connectivity index (χ1n) is 12.7. The molecule has 0 aliphatic carbocycles. The highest BCUT2D eigenvalue weighted by Gasteiger charge is 2.54. The van der Waals surface area contributed by atoms with Gasteiger partial charge in [-0.25, -0.2) is 18.7 Å². The lowest BCUT2D eigenvalue weighted by Gasteiger charge is -2.38. The number of carbonyl (C=O) groups is 3. The summed E-state index contributed by atoms with van der Waals surface area (Å²) in [6.07, 6.45) is -5.96. The van der Waals surface area contributed by atoms with Crippen molar-refractivity contribution in [2.75, 3.05) is 19.3 Å². The number of nitrogens with one attached hydrogen (secondary N) is 1. The molecular formula is C27H27F3N4O8S. The predicted octanol–water partition coefficient (Wildman–Crippen LogP) is 2.88. The summed E-state index contributed by atoms with van der Waals surface area (Å²) in [5, 5.41) is 10.0. The van der Waals surface area contributed by atoms with Gasteiger partial charge in [0.1, 0.15) is 17.9 Å². The topological polar surface area (TPSA) is 155 Å². The highest BCUT2D eigenvalue weighted by Crippen LogP contribution is 2.36. The van der Waals surface area contributed by atoms with Crippen LogP contribution >= 0.6 is 0 Å². The van der Waals surface area contributed by atoms with Crippen molar-refractivity contribution in [2.45, 2.75) is 38.1 Å². The first-order valence-corrected chi connectivity index (χ1v) is 14.6. The number of carbonyl (C=O) groups excluding carboxylic acids is 3. The van der Waals surface area contributed by atoms with E-state index in [4.69, 9.17) is 9.94 Å². The molecule has 1 atom stereocenters. The summed E-state index contributed by atoms with van der Waals surface area (Å²) >= 11 is 0. The van der Waals surface area contributed by atoms with E-state index in [0.29, 0.717) is 5.75 Å². The summed E-state index contributed by atoms with van der Waals surface area (Å²) in [4.78, 5) is 46.6. The third kappa shape index (κ3) is 7.21. The average Bonchev–Trinajstić information content (AvgIpc) is 3.39. The molecule has 12 nitrogen and oxygen atoms in total. The molecule has 4 rings (SSSR count). The minimum absolute atomic E-state index is 0.0744. The Hall–Kier alpha value is -4.28. The van der Waals surface area contributed by atoms with Crippen molar-refractivity contribution < 1.29 is 50.8 Å². The number of sulfonamides is 1. The van der Waals surface area contributed by atoms with Crippen molar-refractivity contribution in [2.24, 2.45) is 0 Å². The van der Waals surface area contributed by atoms with Crippen molar-refractivity contribution in [1.29, 1.82) is 0 Å². The molecule has 1 unspecified atom stereocenters. The van der Waals surface area contributed by atoms with Gasteiger partial charge < -0.3 is 9.57 Å². The maximum atomic E-state index is 13.6. The van der Waals surface area contributed by atoms with E-state index in [0.717, 1.165) is 32.7 Å². The monoisotopic (exact) mass is 624 g/mol. The molecule has 0 radical (unpaired) electrons. The van der Waals surface area contributed by atoms with Crippen LogP contribution in [0, 0.1) is 6.92 Å².